The predicted octanol–water partition coefficient (Wildman–Crippen LogP) is 1.38. The number of hydrogen-bond donors (Lipinski definition) is 1. The minimum atomic E-state index is -0.365. The summed E-state index contributed by atoms with van der Waals surface area (Å²) in [5.74, 6) is 0.414. The third-order valence-electron chi connectivity index (χ3n) is 2.47. The molecule has 96 valence electrons. The number of nitrogens with zero attached hydrogens (tertiary/aromatic N) is 4. The molecule has 1 amide bonds. The molecule has 2 aromatic heterocycles. The first-order chi connectivity index (χ1) is 8.49. The Morgan fingerprint density at radius 1 is 1.56 bits per heavy atom. The molecule has 0 saturated heterocycles. The zero-order valence-electron chi connectivity index (χ0n) is 10.4. The minimum Gasteiger partial charge on any atom is -0.347 e. The molecule has 0 aliphatic carbocycles. The van der Waals surface area contributed by atoms with Crippen molar-refractivity contribution in [3.05, 3.63) is 22.8 Å². The molecule has 2 rings (SSSR count). The summed E-state index contributed by atoms with van der Waals surface area (Å²) < 4.78 is 2.51. The van der Waals surface area contributed by atoms with Gasteiger partial charge in [0.05, 0.1) is 4.47 Å². The second kappa shape index (κ2) is 4.93. The molecule has 0 radical (unpaired) electrons. The molecule has 0 aromatic carbocycles. The first-order valence-electron chi connectivity index (χ1n) is 5.47. The number of likely N-dealkylation sites (N-methyl/N-ethyl adjacent to an activating group) is 1. The van der Waals surface area contributed by atoms with E-state index in [1.165, 1.54) is 4.90 Å². The highest BCUT2D eigenvalue weighted by atomic mass is 79.9. The quantitative estimate of drug-likeness (QED) is 0.930. The fraction of sp³-hybridized carbons (Fsp3) is 0.364. The summed E-state index contributed by atoms with van der Waals surface area (Å²) in [6, 6.07) is 3.39. The summed E-state index contributed by atoms with van der Waals surface area (Å²) in [4.78, 5) is 17.6. The first kappa shape index (κ1) is 12.8. The number of carbonyl (C=O) groups is 1. The Morgan fingerprint density at radius 2 is 2.28 bits per heavy atom. The van der Waals surface area contributed by atoms with Crippen LogP contribution in [0.15, 0.2) is 22.8 Å². The van der Waals surface area contributed by atoms with Gasteiger partial charge >= 0.3 is 0 Å². The smallest absolute Gasteiger partial charge is 0.244 e. The summed E-state index contributed by atoms with van der Waals surface area (Å²) in [5.41, 5.74) is 0.713. The number of halogens is 1. The minimum absolute atomic E-state index is 0.0204. The van der Waals surface area contributed by atoms with Crippen LogP contribution in [-0.4, -0.2) is 45.5 Å². The second-order valence-electron chi connectivity index (χ2n) is 4.16. The Kier molecular flexibility index (Phi) is 3.51. The van der Waals surface area contributed by atoms with E-state index >= 15 is 0 Å². The molecule has 0 aliphatic heterocycles. The maximum atomic E-state index is 11.7. The van der Waals surface area contributed by atoms with Gasteiger partial charge in [-0.05, 0) is 35.0 Å². The molecule has 0 aliphatic rings. The van der Waals surface area contributed by atoms with Crippen molar-refractivity contribution in [3.8, 4) is 0 Å². The SMILES string of the molecule is CC(Nc1nc2c(Br)cccn2n1)C(=O)N(C)C. The van der Waals surface area contributed by atoms with Crippen LogP contribution in [0.2, 0.25) is 0 Å². The van der Waals surface area contributed by atoms with Crippen LogP contribution in [0.5, 0.6) is 0 Å². The Morgan fingerprint density at radius 3 is 2.89 bits per heavy atom. The van der Waals surface area contributed by atoms with Crippen molar-refractivity contribution in [2.45, 2.75) is 13.0 Å². The van der Waals surface area contributed by atoms with Gasteiger partial charge in [0.1, 0.15) is 6.04 Å². The maximum absolute atomic E-state index is 11.7. The van der Waals surface area contributed by atoms with Gasteiger partial charge in [-0.1, -0.05) is 0 Å². The van der Waals surface area contributed by atoms with Crippen LogP contribution in [0.3, 0.4) is 0 Å². The average molecular weight is 312 g/mol. The molecule has 1 unspecified atom stereocenters. The molecule has 0 spiro atoms. The number of amides is 1. The zero-order valence-corrected chi connectivity index (χ0v) is 12.0. The van der Waals surface area contributed by atoms with Crippen LogP contribution in [0.25, 0.3) is 5.65 Å². The van der Waals surface area contributed by atoms with Gasteiger partial charge in [0.15, 0.2) is 5.65 Å². The van der Waals surface area contributed by atoms with Gasteiger partial charge in [0.25, 0.3) is 0 Å². The van der Waals surface area contributed by atoms with E-state index < -0.39 is 0 Å². The van der Waals surface area contributed by atoms with Crippen molar-refractivity contribution in [1.29, 1.82) is 0 Å². The third kappa shape index (κ3) is 2.45. The van der Waals surface area contributed by atoms with E-state index in [4.69, 9.17) is 0 Å². The van der Waals surface area contributed by atoms with E-state index in [0.717, 1.165) is 4.47 Å². The van der Waals surface area contributed by atoms with Crippen LogP contribution in [0.4, 0.5) is 5.95 Å². The lowest BCUT2D eigenvalue weighted by Crippen LogP contribution is -2.36. The fourth-order valence-corrected chi connectivity index (χ4v) is 2.00. The molecule has 2 aromatic rings. The lowest BCUT2D eigenvalue weighted by Gasteiger charge is -2.16. The van der Waals surface area contributed by atoms with Gasteiger partial charge in [0, 0.05) is 20.3 Å². The van der Waals surface area contributed by atoms with E-state index in [1.54, 1.807) is 31.7 Å². The summed E-state index contributed by atoms with van der Waals surface area (Å²) in [5, 5.41) is 7.23. The molecule has 18 heavy (non-hydrogen) atoms. The van der Waals surface area contributed by atoms with E-state index in [2.05, 4.69) is 31.3 Å². The Bertz CT molecular complexity index is 580. The van der Waals surface area contributed by atoms with Crippen molar-refractivity contribution in [1.82, 2.24) is 19.5 Å². The maximum Gasteiger partial charge on any atom is 0.244 e. The van der Waals surface area contributed by atoms with Gasteiger partial charge in [-0.25, -0.2) is 4.52 Å². The van der Waals surface area contributed by atoms with Crippen LogP contribution in [-0.2, 0) is 4.79 Å². The van der Waals surface area contributed by atoms with E-state index in [0.29, 0.717) is 11.6 Å². The number of rotatable bonds is 3. The monoisotopic (exact) mass is 311 g/mol. The van der Waals surface area contributed by atoms with Crippen molar-refractivity contribution in [2.75, 3.05) is 19.4 Å². The number of anilines is 1. The molecule has 7 heteroatoms. The Labute approximate surface area is 113 Å². The van der Waals surface area contributed by atoms with Crippen molar-refractivity contribution in [2.24, 2.45) is 0 Å². The van der Waals surface area contributed by atoms with Gasteiger partial charge in [-0.2, -0.15) is 4.98 Å². The van der Waals surface area contributed by atoms with Crippen LogP contribution in [0, 0.1) is 0 Å². The van der Waals surface area contributed by atoms with E-state index in [9.17, 15) is 4.79 Å². The van der Waals surface area contributed by atoms with Crippen molar-refractivity contribution < 1.29 is 4.79 Å². The predicted molar refractivity (Wildman–Crippen MR) is 72.5 cm³/mol. The lowest BCUT2D eigenvalue weighted by atomic mass is 10.3. The van der Waals surface area contributed by atoms with Crippen molar-refractivity contribution >= 4 is 33.4 Å². The number of nitrogens with one attached hydrogen (secondary N) is 1. The normalized spacial score (nSPS) is 12.4. The molecule has 6 nitrogen and oxygen atoms in total. The third-order valence-corrected chi connectivity index (χ3v) is 3.09. The van der Waals surface area contributed by atoms with E-state index in [1.807, 2.05) is 12.1 Å². The molecular weight excluding hydrogens is 298 g/mol. The Balaban J connectivity index is 2.22. The highest BCUT2D eigenvalue weighted by Crippen LogP contribution is 2.17. The van der Waals surface area contributed by atoms with Gasteiger partial charge in [-0.15, -0.1) is 5.10 Å². The molecular formula is C11H14BrN5O. The molecule has 2 heterocycles. The zero-order chi connectivity index (χ0) is 13.3. The number of fused-ring (bicyclic) bond motifs is 1. The van der Waals surface area contributed by atoms with Gasteiger partial charge in [0.2, 0.25) is 11.9 Å². The molecule has 1 atom stereocenters. The van der Waals surface area contributed by atoms with Gasteiger partial charge < -0.3 is 10.2 Å². The number of carbonyl (C=O) groups excluding carboxylic acids is 1. The van der Waals surface area contributed by atoms with Crippen LogP contribution >= 0.6 is 15.9 Å². The summed E-state index contributed by atoms with van der Waals surface area (Å²) in [7, 11) is 3.43. The fourth-order valence-electron chi connectivity index (χ4n) is 1.58. The van der Waals surface area contributed by atoms with Crippen LogP contribution in [0.1, 0.15) is 6.92 Å². The number of hydrogen-bond acceptors (Lipinski definition) is 4. The number of aromatic nitrogens is 3. The molecule has 0 saturated carbocycles. The highest BCUT2D eigenvalue weighted by Gasteiger charge is 2.16. The van der Waals surface area contributed by atoms with Crippen molar-refractivity contribution in [3.63, 3.8) is 0 Å². The first-order valence-corrected chi connectivity index (χ1v) is 6.27. The summed E-state index contributed by atoms with van der Waals surface area (Å²) in [6.45, 7) is 1.78. The second-order valence-corrected chi connectivity index (χ2v) is 5.01. The average Bonchev–Trinajstić information content (AvgIpc) is 2.71. The standard InChI is InChI=1S/C11H14BrN5O/c1-7(10(18)16(2)3)13-11-14-9-8(12)5-4-6-17(9)15-11/h4-7H,1-3H3,(H,13,15). The van der Waals surface area contributed by atoms with Gasteiger partial charge in [-0.3, -0.25) is 4.79 Å². The largest absolute Gasteiger partial charge is 0.347 e. The highest BCUT2D eigenvalue weighted by molar-refractivity contribution is 9.10. The van der Waals surface area contributed by atoms with E-state index in [-0.39, 0.29) is 11.9 Å². The molecule has 1 N–H and O–H groups in total. The topological polar surface area (TPSA) is 62.5 Å². The summed E-state index contributed by atoms with van der Waals surface area (Å²) >= 11 is 3.40. The van der Waals surface area contributed by atoms with Crippen LogP contribution < -0.4 is 5.32 Å². The lowest BCUT2D eigenvalue weighted by molar-refractivity contribution is -0.129. The summed E-state index contributed by atoms with van der Waals surface area (Å²) in [6.07, 6.45) is 1.80. The number of pyridine rings is 1. The molecule has 0 bridgehead atoms. The Hall–Kier alpha value is -1.63. The molecule has 0 fully saturated rings.